The van der Waals surface area contributed by atoms with Crippen LogP contribution in [0.3, 0.4) is 0 Å². The number of rotatable bonds is 7. The fourth-order valence-corrected chi connectivity index (χ4v) is 2.66. The van der Waals surface area contributed by atoms with Crippen LogP contribution in [0.5, 0.6) is 5.75 Å². The second-order valence-electron chi connectivity index (χ2n) is 5.93. The van der Waals surface area contributed by atoms with Gasteiger partial charge in [0.15, 0.2) is 6.10 Å². The van der Waals surface area contributed by atoms with Crippen LogP contribution in [0.4, 0.5) is 0 Å². The van der Waals surface area contributed by atoms with Gasteiger partial charge in [-0.05, 0) is 31.5 Å². The van der Waals surface area contributed by atoms with Crippen molar-refractivity contribution >= 4 is 23.5 Å². The van der Waals surface area contributed by atoms with E-state index in [4.69, 9.17) is 21.1 Å². The van der Waals surface area contributed by atoms with Gasteiger partial charge in [0.2, 0.25) is 0 Å². The number of aryl methyl sites for hydroxylation is 1. The molecule has 0 unspecified atom stereocenters. The lowest BCUT2D eigenvalue weighted by atomic mass is 10.1. The monoisotopic (exact) mass is 375 g/mol. The molecule has 2 rings (SSSR count). The number of methoxy groups -OCH3 is 1. The SMILES string of the molecule is COc1ccc(C)cc1CC(=O)O[C@@H](C)C(=O)NCc1ccccc1Cl. The maximum absolute atomic E-state index is 12.2. The highest BCUT2D eigenvalue weighted by atomic mass is 35.5. The van der Waals surface area contributed by atoms with Crippen molar-refractivity contribution in [2.24, 2.45) is 0 Å². The van der Waals surface area contributed by atoms with Crippen LogP contribution >= 0.6 is 11.6 Å². The van der Waals surface area contributed by atoms with Gasteiger partial charge < -0.3 is 14.8 Å². The molecule has 0 saturated heterocycles. The van der Waals surface area contributed by atoms with Gasteiger partial charge in [-0.2, -0.15) is 0 Å². The highest BCUT2D eigenvalue weighted by Crippen LogP contribution is 2.20. The molecule has 2 aromatic carbocycles. The smallest absolute Gasteiger partial charge is 0.311 e. The number of esters is 1. The summed E-state index contributed by atoms with van der Waals surface area (Å²) < 4.78 is 10.5. The van der Waals surface area contributed by atoms with E-state index in [1.54, 1.807) is 19.2 Å². The summed E-state index contributed by atoms with van der Waals surface area (Å²) in [5.74, 6) is -0.257. The molecule has 138 valence electrons. The van der Waals surface area contributed by atoms with E-state index in [0.717, 1.165) is 16.7 Å². The van der Waals surface area contributed by atoms with Crippen molar-refractivity contribution in [2.75, 3.05) is 7.11 Å². The van der Waals surface area contributed by atoms with Gasteiger partial charge in [0.05, 0.1) is 13.5 Å². The Morgan fingerprint density at radius 1 is 1.15 bits per heavy atom. The Labute approximate surface area is 158 Å². The minimum absolute atomic E-state index is 0.0347. The largest absolute Gasteiger partial charge is 0.496 e. The van der Waals surface area contributed by atoms with E-state index in [1.807, 2.05) is 37.3 Å². The first-order valence-corrected chi connectivity index (χ1v) is 8.62. The van der Waals surface area contributed by atoms with Gasteiger partial charge >= 0.3 is 5.97 Å². The molecule has 0 aliphatic carbocycles. The lowest BCUT2D eigenvalue weighted by Gasteiger charge is -2.15. The lowest BCUT2D eigenvalue weighted by molar-refractivity contribution is -0.154. The zero-order valence-corrected chi connectivity index (χ0v) is 15.8. The Balaban J connectivity index is 1.89. The van der Waals surface area contributed by atoms with E-state index in [1.165, 1.54) is 6.92 Å². The predicted molar refractivity (Wildman–Crippen MR) is 100 cm³/mol. The summed E-state index contributed by atoms with van der Waals surface area (Å²) in [6, 6.07) is 12.8. The molecule has 26 heavy (non-hydrogen) atoms. The minimum atomic E-state index is -0.902. The van der Waals surface area contributed by atoms with Crippen LogP contribution in [0.15, 0.2) is 42.5 Å². The summed E-state index contributed by atoms with van der Waals surface area (Å²) in [6.45, 7) is 3.73. The Bertz CT molecular complexity index is 791. The highest BCUT2D eigenvalue weighted by Gasteiger charge is 2.19. The second-order valence-corrected chi connectivity index (χ2v) is 6.34. The number of carbonyl (C=O) groups excluding carboxylic acids is 2. The van der Waals surface area contributed by atoms with E-state index in [9.17, 15) is 9.59 Å². The summed E-state index contributed by atoms with van der Waals surface area (Å²) >= 11 is 6.05. The predicted octanol–water partition coefficient (Wildman–Crippen LogP) is 3.45. The number of halogens is 1. The van der Waals surface area contributed by atoms with E-state index in [0.29, 0.717) is 10.8 Å². The van der Waals surface area contributed by atoms with Crippen LogP contribution in [-0.2, 0) is 27.3 Å². The highest BCUT2D eigenvalue weighted by molar-refractivity contribution is 6.31. The number of amides is 1. The fourth-order valence-electron chi connectivity index (χ4n) is 2.46. The third-order valence-electron chi connectivity index (χ3n) is 3.86. The van der Waals surface area contributed by atoms with Crippen LogP contribution in [-0.4, -0.2) is 25.1 Å². The van der Waals surface area contributed by atoms with Crippen molar-refractivity contribution in [3.8, 4) is 5.75 Å². The number of hydrogen-bond donors (Lipinski definition) is 1. The molecule has 0 saturated carbocycles. The van der Waals surface area contributed by atoms with Gasteiger partial charge in [-0.25, -0.2) is 0 Å². The van der Waals surface area contributed by atoms with Crippen molar-refractivity contribution in [2.45, 2.75) is 32.9 Å². The molecule has 1 amide bonds. The van der Waals surface area contributed by atoms with E-state index in [2.05, 4.69) is 5.32 Å². The molecule has 0 heterocycles. The van der Waals surface area contributed by atoms with Crippen LogP contribution in [0.1, 0.15) is 23.6 Å². The van der Waals surface area contributed by atoms with Gasteiger partial charge in [0.25, 0.3) is 5.91 Å². The lowest BCUT2D eigenvalue weighted by Crippen LogP contribution is -2.35. The van der Waals surface area contributed by atoms with Crippen LogP contribution in [0.2, 0.25) is 5.02 Å². The summed E-state index contributed by atoms with van der Waals surface area (Å²) in [5.41, 5.74) is 2.53. The fraction of sp³-hybridized carbons (Fsp3) is 0.300. The molecule has 0 aliphatic heterocycles. The molecule has 0 fully saturated rings. The molecule has 1 atom stereocenters. The Kier molecular flexibility index (Phi) is 7.04. The number of carbonyl (C=O) groups is 2. The Hall–Kier alpha value is -2.53. The quantitative estimate of drug-likeness (QED) is 0.753. The number of benzene rings is 2. The molecule has 0 radical (unpaired) electrons. The molecular weight excluding hydrogens is 354 g/mol. The van der Waals surface area contributed by atoms with Crippen molar-refractivity contribution in [3.63, 3.8) is 0 Å². The van der Waals surface area contributed by atoms with E-state index < -0.39 is 12.1 Å². The third kappa shape index (κ3) is 5.49. The van der Waals surface area contributed by atoms with Gasteiger partial charge in [0, 0.05) is 17.1 Å². The number of hydrogen-bond acceptors (Lipinski definition) is 4. The summed E-state index contributed by atoms with van der Waals surface area (Å²) in [6.07, 6.45) is -0.867. The first-order valence-electron chi connectivity index (χ1n) is 8.25. The maximum atomic E-state index is 12.2. The molecule has 0 aliphatic rings. The van der Waals surface area contributed by atoms with Gasteiger partial charge in [-0.3, -0.25) is 9.59 Å². The first kappa shape index (κ1) is 19.8. The van der Waals surface area contributed by atoms with Gasteiger partial charge in [-0.15, -0.1) is 0 Å². The molecular formula is C20H22ClNO4. The zero-order valence-electron chi connectivity index (χ0n) is 15.0. The van der Waals surface area contributed by atoms with Crippen LogP contribution in [0, 0.1) is 6.92 Å². The first-order chi connectivity index (χ1) is 12.4. The third-order valence-corrected chi connectivity index (χ3v) is 4.23. The summed E-state index contributed by atoms with van der Waals surface area (Å²) in [7, 11) is 1.55. The van der Waals surface area contributed by atoms with Crippen molar-refractivity contribution in [1.29, 1.82) is 0 Å². The average molecular weight is 376 g/mol. The van der Waals surface area contributed by atoms with Crippen molar-refractivity contribution in [1.82, 2.24) is 5.32 Å². The number of nitrogens with one attached hydrogen (secondary N) is 1. The van der Waals surface area contributed by atoms with E-state index in [-0.39, 0.29) is 18.9 Å². The average Bonchev–Trinajstić information content (AvgIpc) is 2.60. The normalized spacial score (nSPS) is 11.5. The Morgan fingerprint density at radius 2 is 1.88 bits per heavy atom. The van der Waals surface area contributed by atoms with E-state index >= 15 is 0 Å². The molecule has 0 spiro atoms. The molecule has 0 bridgehead atoms. The number of ether oxygens (including phenoxy) is 2. The second kappa shape index (κ2) is 9.25. The topological polar surface area (TPSA) is 64.6 Å². The van der Waals surface area contributed by atoms with Crippen molar-refractivity contribution in [3.05, 3.63) is 64.2 Å². The molecule has 6 heteroatoms. The minimum Gasteiger partial charge on any atom is -0.496 e. The molecule has 1 N–H and O–H groups in total. The standard InChI is InChI=1S/C20H22ClNO4/c1-13-8-9-18(25-3)16(10-13)11-19(23)26-14(2)20(24)22-12-15-6-4-5-7-17(15)21/h4-10,14H,11-12H2,1-3H3,(H,22,24)/t14-/m0/s1. The molecule has 2 aromatic rings. The van der Waals surface area contributed by atoms with Crippen molar-refractivity contribution < 1.29 is 19.1 Å². The van der Waals surface area contributed by atoms with Gasteiger partial charge in [-0.1, -0.05) is 47.5 Å². The van der Waals surface area contributed by atoms with Crippen LogP contribution < -0.4 is 10.1 Å². The maximum Gasteiger partial charge on any atom is 0.311 e. The zero-order chi connectivity index (χ0) is 19.1. The van der Waals surface area contributed by atoms with Gasteiger partial charge in [0.1, 0.15) is 5.75 Å². The summed E-state index contributed by atoms with van der Waals surface area (Å²) in [4.78, 5) is 24.3. The molecule has 0 aromatic heterocycles. The van der Waals surface area contributed by atoms with Crippen LogP contribution in [0.25, 0.3) is 0 Å². The summed E-state index contributed by atoms with van der Waals surface area (Å²) in [5, 5.41) is 3.29. The Morgan fingerprint density at radius 3 is 2.58 bits per heavy atom. The molecule has 5 nitrogen and oxygen atoms in total.